The first kappa shape index (κ1) is 14.8. The average molecular weight is 337 g/mol. The van der Waals surface area contributed by atoms with Gasteiger partial charge in [0.25, 0.3) is 5.91 Å². The fourth-order valence-corrected chi connectivity index (χ4v) is 1.98. The first-order valence-corrected chi connectivity index (χ1v) is 7.11. The molecule has 0 spiro atoms. The predicted octanol–water partition coefficient (Wildman–Crippen LogP) is 4.30. The van der Waals surface area contributed by atoms with Crippen molar-refractivity contribution in [2.24, 2.45) is 0 Å². The lowest BCUT2D eigenvalue weighted by Gasteiger charge is -2.12. The minimum Gasteiger partial charge on any atom is -0.338 e. The van der Waals surface area contributed by atoms with Crippen LogP contribution < -0.4 is 5.32 Å². The normalized spacial score (nSPS) is 11.4. The number of aromatic nitrogens is 1. The molecule has 0 radical (unpaired) electrons. The molecule has 0 fully saturated rings. The Balaban J connectivity index is 2.15. The van der Waals surface area contributed by atoms with Crippen LogP contribution in [0.3, 0.4) is 0 Å². The number of nitrogens with one attached hydrogen (secondary N) is 1. The molecule has 106 valence electrons. The largest absolute Gasteiger partial charge is 0.338 e. The van der Waals surface area contributed by atoms with Gasteiger partial charge in [0.15, 0.2) is 0 Å². The van der Waals surface area contributed by atoms with Crippen LogP contribution in [-0.2, 0) is 5.41 Å². The van der Waals surface area contributed by atoms with Crippen molar-refractivity contribution in [3.05, 3.63) is 45.6 Å². The van der Waals surface area contributed by atoms with Gasteiger partial charge in [0.1, 0.15) is 0 Å². The number of carbonyl (C=O) groups excluding carboxylic acids is 1. The number of hydrogen-bond acceptors (Lipinski definition) is 3. The van der Waals surface area contributed by atoms with Gasteiger partial charge >= 0.3 is 0 Å². The predicted molar refractivity (Wildman–Crippen MR) is 82.0 cm³/mol. The summed E-state index contributed by atoms with van der Waals surface area (Å²) in [4.78, 5) is 12.1. The Morgan fingerprint density at radius 1 is 1.30 bits per heavy atom. The summed E-state index contributed by atoms with van der Waals surface area (Å²) in [6.07, 6.45) is 0. The van der Waals surface area contributed by atoms with Crippen molar-refractivity contribution in [1.82, 2.24) is 5.16 Å². The fourth-order valence-electron chi connectivity index (χ4n) is 1.61. The lowest BCUT2D eigenvalue weighted by molar-refractivity contribution is 0.102. The monoisotopic (exact) mass is 336 g/mol. The molecule has 0 aliphatic heterocycles. The molecule has 0 bridgehead atoms. The van der Waals surface area contributed by atoms with E-state index in [1.165, 1.54) is 0 Å². The van der Waals surface area contributed by atoms with Crippen molar-refractivity contribution in [1.29, 1.82) is 0 Å². The van der Waals surface area contributed by atoms with Crippen LogP contribution in [0.25, 0.3) is 0 Å². The number of amides is 1. The number of anilines is 1. The SMILES string of the molecule is Cc1ccc(C(=O)Nc2cc(C(C)(C)C)no2)cc1Br. The number of nitrogens with zero attached hydrogens (tertiary/aromatic N) is 1. The first-order valence-electron chi connectivity index (χ1n) is 6.32. The molecule has 20 heavy (non-hydrogen) atoms. The van der Waals surface area contributed by atoms with Crippen molar-refractivity contribution in [3.63, 3.8) is 0 Å². The third-order valence-electron chi connectivity index (χ3n) is 2.95. The van der Waals surface area contributed by atoms with E-state index in [0.717, 1.165) is 15.7 Å². The third kappa shape index (κ3) is 3.28. The van der Waals surface area contributed by atoms with Crippen LogP contribution in [0.5, 0.6) is 0 Å². The van der Waals surface area contributed by atoms with Crippen molar-refractivity contribution < 1.29 is 9.32 Å². The van der Waals surface area contributed by atoms with Crippen molar-refractivity contribution in [3.8, 4) is 0 Å². The van der Waals surface area contributed by atoms with E-state index in [2.05, 4.69) is 26.4 Å². The number of hydrogen-bond donors (Lipinski definition) is 1. The van der Waals surface area contributed by atoms with Crippen LogP contribution >= 0.6 is 15.9 Å². The fraction of sp³-hybridized carbons (Fsp3) is 0.333. The number of rotatable bonds is 2. The topological polar surface area (TPSA) is 55.1 Å². The van der Waals surface area contributed by atoms with Gasteiger partial charge in [0.2, 0.25) is 5.88 Å². The molecule has 0 saturated carbocycles. The second kappa shape index (κ2) is 5.40. The summed E-state index contributed by atoms with van der Waals surface area (Å²) in [5.41, 5.74) is 2.34. The van der Waals surface area contributed by atoms with Gasteiger partial charge in [-0.2, -0.15) is 0 Å². The maximum atomic E-state index is 12.1. The van der Waals surface area contributed by atoms with Gasteiger partial charge in [0.05, 0.1) is 5.69 Å². The molecule has 4 nitrogen and oxygen atoms in total. The van der Waals surface area contributed by atoms with E-state index in [9.17, 15) is 4.79 Å². The Bertz CT molecular complexity index is 642. The van der Waals surface area contributed by atoms with Gasteiger partial charge in [-0.3, -0.25) is 10.1 Å². The standard InChI is InChI=1S/C15H17BrN2O2/c1-9-5-6-10(7-11(9)16)14(19)17-13-8-12(18-20-13)15(2,3)4/h5-8H,1-4H3,(H,17,19). The summed E-state index contributed by atoms with van der Waals surface area (Å²) in [7, 11) is 0. The maximum absolute atomic E-state index is 12.1. The van der Waals surface area contributed by atoms with E-state index in [0.29, 0.717) is 11.4 Å². The molecule has 0 atom stereocenters. The van der Waals surface area contributed by atoms with Crippen LogP contribution in [0.1, 0.15) is 42.4 Å². The number of carbonyl (C=O) groups is 1. The van der Waals surface area contributed by atoms with E-state index in [1.54, 1.807) is 18.2 Å². The van der Waals surface area contributed by atoms with E-state index < -0.39 is 0 Å². The summed E-state index contributed by atoms with van der Waals surface area (Å²) in [6.45, 7) is 8.08. The van der Waals surface area contributed by atoms with Crippen LogP contribution in [-0.4, -0.2) is 11.1 Å². The molecule has 5 heteroatoms. The molecule has 0 aliphatic carbocycles. The molecule has 1 amide bonds. The Hall–Kier alpha value is -1.62. The zero-order chi connectivity index (χ0) is 14.9. The number of benzene rings is 1. The number of aryl methyl sites for hydroxylation is 1. The highest BCUT2D eigenvalue weighted by Gasteiger charge is 2.20. The van der Waals surface area contributed by atoms with Crippen LogP contribution in [0.4, 0.5) is 5.88 Å². The third-order valence-corrected chi connectivity index (χ3v) is 3.80. The van der Waals surface area contributed by atoms with E-state index in [4.69, 9.17) is 4.52 Å². The van der Waals surface area contributed by atoms with Gasteiger partial charge in [-0.1, -0.05) is 47.9 Å². The Labute approximate surface area is 126 Å². The second-order valence-corrected chi connectivity index (χ2v) is 6.60. The van der Waals surface area contributed by atoms with E-state index >= 15 is 0 Å². The molecule has 2 rings (SSSR count). The molecule has 0 aliphatic rings. The first-order chi connectivity index (χ1) is 9.27. The highest BCUT2D eigenvalue weighted by atomic mass is 79.9. The smallest absolute Gasteiger partial charge is 0.258 e. The molecule has 1 N–H and O–H groups in total. The summed E-state index contributed by atoms with van der Waals surface area (Å²) in [5, 5.41) is 6.68. The van der Waals surface area contributed by atoms with Gasteiger partial charge < -0.3 is 4.52 Å². The van der Waals surface area contributed by atoms with E-state index in [1.807, 2.05) is 33.8 Å². The van der Waals surface area contributed by atoms with Gasteiger partial charge in [-0.25, -0.2) is 0 Å². The van der Waals surface area contributed by atoms with Crippen molar-refractivity contribution in [2.45, 2.75) is 33.1 Å². The zero-order valence-electron chi connectivity index (χ0n) is 12.0. The molecule has 1 aromatic heterocycles. The van der Waals surface area contributed by atoms with Crippen LogP contribution in [0.2, 0.25) is 0 Å². The molecular weight excluding hydrogens is 320 g/mol. The van der Waals surface area contributed by atoms with Crippen molar-refractivity contribution >= 4 is 27.7 Å². The van der Waals surface area contributed by atoms with E-state index in [-0.39, 0.29) is 11.3 Å². The minimum atomic E-state index is -0.220. The van der Waals surface area contributed by atoms with Crippen LogP contribution in [0, 0.1) is 6.92 Å². The maximum Gasteiger partial charge on any atom is 0.258 e. The molecule has 2 aromatic rings. The minimum absolute atomic E-state index is 0.112. The summed E-state index contributed by atoms with van der Waals surface area (Å²) in [6, 6.07) is 7.20. The molecule has 1 aromatic carbocycles. The van der Waals surface area contributed by atoms with Crippen molar-refractivity contribution in [2.75, 3.05) is 5.32 Å². The quantitative estimate of drug-likeness (QED) is 0.889. The molecule has 0 saturated heterocycles. The zero-order valence-corrected chi connectivity index (χ0v) is 13.5. The molecule has 0 unspecified atom stereocenters. The second-order valence-electron chi connectivity index (χ2n) is 5.74. The summed E-state index contributed by atoms with van der Waals surface area (Å²) < 4.78 is 6.04. The lowest BCUT2D eigenvalue weighted by atomic mass is 9.92. The Morgan fingerprint density at radius 3 is 2.55 bits per heavy atom. The Morgan fingerprint density at radius 2 is 2.00 bits per heavy atom. The Kier molecular flexibility index (Phi) is 3.99. The van der Waals surface area contributed by atoms with Crippen LogP contribution in [0.15, 0.2) is 33.3 Å². The highest BCUT2D eigenvalue weighted by Crippen LogP contribution is 2.24. The average Bonchev–Trinajstić information content (AvgIpc) is 2.81. The van der Waals surface area contributed by atoms with Gasteiger partial charge in [0, 0.05) is 21.5 Å². The number of halogens is 1. The highest BCUT2D eigenvalue weighted by molar-refractivity contribution is 9.10. The van der Waals surface area contributed by atoms with Gasteiger partial charge in [-0.05, 0) is 24.6 Å². The molecule has 1 heterocycles. The summed E-state index contributed by atoms with van der Waals surface area (Å²) in [5.74, 6) is 0.138. The van der Waals surface area contributed by atoms with Gasteiger partial charge in [-0.15, -0.1) is 0 Å². The lowest BCUT2D eigenvalue weighted by Crippen LogP contribution is -2.12. The molecular formula is C15H17BrN2O2. The summed E-state index contributed by atoms with van der Waals surface area (Å²) >= 11 is 3.41.